The number of aromatic nitrogens is 1. The molecule has 0 fully saturated rings. The third-order valence-electron chi connectivity index (χ3n) is 5.46. The number of ether oxygens (including phenoxy) is 1. The van der Waals surface area contributed by atoms with E-state index in [2.05, 4.69) is 9.69 Å². The van der Waals surface area contributed by atoms with E-state index < -0.39 is 23.8 Å². The normalized spacial score (nSPS) is 11.7. The van der Waals surface area contributed by atoms with Crippen molar-refractivity contribution in [3.05, 3.63) is 64.7 Å². The number of hydrogen-bond donors (Lipinski definition) is 4. The van der Waals surface area contributed by atoms with Crippen molar-refractivity contribution in [2.75, 3.05) is 24.3 Å². The Labute approximate surface area is 213 Å². The van der Waals surface area contributed by atoms with E-state index in [-0.39, 0.29) is 22.0 Å². The fourth-order valence-corrected chi connectivity index (χ4v) is 4.33. The molecule has 3 aromatic rings. The molecule has 3 amide bonds. The van der Waals surface area contributed by atoms with E-state index in [9.17, 15) is 19.5 Å². The minimum atomic E-state index is -1.17. The van der Waals surface area contributed by atoms with E-state index in [4.69, 9.17) is 16.2 Å². The van der Waals surface area contributed by atoms with Crippen molar-refractivity contribution in [3.8, 4) is 11.5 Å². The molecule has 0 unspecified atom stereocenters. The highest BCUT2D eigenvalue weighted by Gasteiger charge is 2.37. The smallest absolute Gasteiger partial charge is 0.273 e. The van der Waals surface area contributed by atoms with Crippen molar-refractivity contribution in [2.45, 2.75) is 26.3 Å². The SMILES string of the molecule is COc1ccccc1N(C(=O)c1snc(C(N)=O)c1N)[C@H](C(=O)NCCC(C)C)c1ccc(O)cc1. The number of methoxy groups -OCH3 is 1. The lowest BCUT2D eigenvalue weighted by Crippen LogP contribution is -2.44. The Hall–Kier alpha value is -4.12. The summed E-state index contributed by atoms with van der Waals surface area (Å²) in [5.41, 5.74) is 11.8. The highest BCUT2D eigenvalue weighted by Crippen LogP contribution is 2.38. The van der Waals surface area contributed by atoms with Gasteiger partial charge in [-0.15, -0.1) is 0 Å². The van der Waals surface area contributed by atoms with Gasteiger partial charge in [-0.3, -0.25) is 19.3 Å². The number of benzene rings is 2. The fraction of sp³-hybridized carbons (Fsp3) is 0.280. The van der Waals surface area contributed by atoms with Gasteiger partial charge in [0.2, 0.25) is 5.91 Å². The minimum Gasteiger partial charge on any atom is -0.508 e. The molecule has 1 aromatic heterocycles. The summed E-state index contributed by atoms with van der Waals surface area (Å²) in [6.07, 6.45) is 0.737. The van der Waals surface area contributed by atoms with Crippen LogP contribution < -0.4 is 26.4 Å². The van der Waals surface area contributed by atoms with Crippen molar-refractivity contribution >= 4 is 40.6 Å². The number of amides is 3. The van der Waals surface area contributed by atoms with Gasteiger partial charge in [0.15, 0.2) is 5.69 Å². The average molecular weight is 512 g/mol. The van der Waals surface area contributed by atoms with E-state index in [1.54, 1.807) is 36.4 Å². The largest absolute Gasteiger partial charge is 0.508 e. The van der Waals surface area contributed by atoms with Crippen LogP contribution in [-0.4, -0.2) is 40.9 Å². The number of carbonyl (C=O) groups excluding carboxylic acids is 3. The van der Waals surface area contributed by atoms with Crippen LogP contribution in [0.5, 0.6) is 11.5 Å². The van der Waals surface area contributed by atoms with Crippen LogP contribution in [0.1, 0.15) is 52.0 Å². The lowest BCUT2D eigenvalue weighted by atomic mass is 10.0. The van der Waals surface area contributed by atoms with Gasteiger partial charge in [-0.2, -0.15) is 4.37 Å². The molecule has 0 radical (unpaired) electrons. The number of hydrogen-bond acceptors (Lipinski definition) is 8. The first-order chi connectivity index (χ1) is 17.1. The molecule has 0 bridgehead atoms. The molecule has 2 aromatic carbocycles. The molecule has 11 heteroatoms. The van der Waals surface area contributed by atoms with Crippen LogP contribution in [0.15, 0.2) is 48.5 Å². The Morgan fingerprint density at radius 1 is 1.14 bits per heavy atom. The van der Waals surface area contributed by atoms with Crippen LogP contribution in [0.2, 0.25) is 0 Å². The first kappa shape index (κ1) is 26.5. The van der Waals surface area contributed by atoms with Crippen LogP contribution in [0.25, 0.3) is 0 Å². The maximum atomic E-state index is 14.0. The molecule has 6 N–H and O–H groups in total. The topological polar surface area (TPSA) is 161 Å². The van der Waals surface area contributed by atoms with Crippen LogP contribution in [-0.2, 0) is 4.79 Å². The molecular formula is C25H29N5O5S. The van der Waals surface area contributed by atoms with Crippen molar-refractivity contribution in [1.29, 1.82) is 0 Å². The van der Waals surface area contributed by atoms with Crippen molar-refractivity contribution in [2.24, 2.45) is 11.7 Å². The Bertz CT molecular complexity index is 1240. The average Bonchev–Trinajstić information content (AvgIpc) is 3.24. The fourth-order valence-electron chi connectivity index (χ4n) is 3.59. The zero-order valence-corrected chi connectivity index (χ0v) is 21.0. The van der Waals surface area contributed by atoms with Crippen LogP contribution in [0, 0.1) is 5.92 Å². The number of nitrogen functional groups attached to an aromatic ring is 1. The number of primary amides is 1. The molecule has 0 aliphatic carbocycles. The van der Waals surface area contributed by atoms with Crippen molar-refractivity contribution in [1.82, 2.24) is 9.69 Å². The molecule has 3 rings (SSSR count). The molecule has 0 saturated carbocycles. The number of carbonyl (C=O) groups is 3. The highest BCUT2D eigenvalue weighted by atomic mass is 32.1. The molecule has 36 heavy (non-hydrogen) atoms. The molecule has 1 atom stereocenters. The Morgan fingerprint density at radius 3 is 2.39 bits per heavy atom. The summed E-state index contributed by atoms with van der Waals surface area (Å²) in [6, 6.07) is 11.5. The summed E-state index contributed by atoms with van der Waals surface area (Å²) in [6.45, 7) is 4.47. The van der Waals surface area contributed by atoms with Gasteiger partial charge in [-0.1, -0.05) is 38.1 Å². The van der Waals surface area contributed by atoms with Crippen molar-refractivity contribution in [3.63, 3.8) is 0 Å². The Kier molecular flexibility index (Phi) is 8.49. The number of nitrogens with one attached hydrogen (secondary N) is 1. The molecular weight excluding hydrogens is 482 g/mol. The van der Waals surface area contributed by atoms with Crippen molar-refractivity contribution < 1.29 is 24.2 Å². The summed E-state index contributed by atoms with van der Waals surface area (Å²) >= 11 is 0.718. The second-order valence-electron chi connectivity index (χ2n) is 8.45. The van der Waals surface area contributed by atoms with Gasteiger partial charge in [-0.05, 0) is 53.7 Å². The number of para-hydroxylation sites is 2. The van der Waals surface area contributed by atoms with Crippen LogP contribution >= 0.6 is 11.5 Å². The van der Waals surface area contributed by atoms with Gasteiger partial charge in [0.1, 0.15) is 22.4 Å². The van der Waals surface area contributed by atoms with Gasteiger partial charge in [0, 0.05) is 6.54 Å². The van der Waals surface area contributed by atoms with Gasteiger partial charge < -0.3 is 26.6 Å². The third kappa shape index (κ3) is 5.74. The Balaban J connectivity index is 2.20. The van der Waals surface area contributed by atoms with E-state index in [1.165, 1.54) is 24.1 Å². The molecule has 1 heterocycles. The maximum Gasteiger partial charge on any atom is 0.273 e. The maximum absolute atomic E-state index is 14.0. The first-order valence-electron chi connectivity index (χ1n) is 11.2. The summed E-state index contributed by atoms with van der Waals surface area (Å²) in [5.74, 6) is -1.28. The number of anilines is 2. The highest BCUT2D eigenvalue weighted by molar-refractivity contribution is 7.09. The predicted molar refractivity (Wildman–Crippen MR) is 138 cm³/mol. The van der Waals surface area contributed by atoms with Gasteiger partial charge >= 0.3 is 0 Å². The summed E-state index contributed by atoms with van der Waals surface area (Å²) in [5, 5.41) is 12.7. The zero-order chi connectivity index (χ0) is 26.4. The molecule has 0 aliphatic rings. The zero-order valence-electron chi connectivity index (χ0n) is 20.2. The number of rotatable bonds is 10. The molecule has 10 nitrogen and oxygen atoms in total. The second-order valence-corrected chi connectivity index (χ2v) is 9.23. The van der Waals surface area contributed by atoms with Gasteiger partial charge in [0.25, 0.3) is 11.8 Å². The Morgan fingerprint density at radius 2 is 1.81 bits per heavy atom. The minimum absolute atomic E-state index is 0.00526. The number of phenols is 1. The number of phenolic OH excluding ortho intramolecular Hbond substituents is 1. The molecule has 190 valence electrons. The van der Waals surface area contributed by atoms with Gasteiger partial charge in [0.05, 0.1) is 18.5 Å². The quantitative estimate of drug-likeness (QED) is 0.325. The molecule has 0 saturated heterocycles. The van der Waals surface area contributed by atoms with Crippen LogP contribution in [0.4, 0.5) is 11.4 Å². The monoisotopic (exact) mass is 511 g/mol. The number of aromatic hydroxyl groups is 1. The van der Waals surface area contributed by atoms with E-state index >= 15 is 0 Å². The summed E-state index contributed by atoms with van der Waals surface area (Å²) < 4.78 is 9.44. The lowest BCUT2D eigenvalue weighted by Gasteiger charge is -2.32. The van der Waals surface area contributed by atoms with Crippen LogP contribution in [0.3, 0.4) is 0 Å². The van der Waals surface area contributed by atoms with E-state index in [0.29, 0.717) is 29.5 Å². The second kappa shape index (κ2) is 11.5. The van der Waals surface area contributed by atoms with E-state index in [1.807, 2.05) is 13.8 Å². The standard InChI is InChI=1S/C25H29N5O5S/c1-14(2)12-13-28-24(33)21(15-8-10-16(31)11-9-15)30(17-6-4-5-7-18(17)35-3)25(34)22-19(26)20(23(27)32)29-36-22/h4-11,14,21,31H,12-13,26H2,1-3H3,(H2,27,32)(H,28,33)/t21-/m0/s1. The van der Waals surface area contributed by atoms with E-state index in [0.717, 1.165) is 18.0 Å². The first-order valence-corrected chi connectivity index (χ1v) is 12.0. The molecule has 0 spiro atoms. The lowest BCUT2D eigenvalue weighted by molar-refractivity contribution is -0.122. The molecule has 0 aliphatic heterocycles. The summed E-state index contributed by atoms with van der Waals surface area (Å²) in [7, 11) is 1.45. The van der Waals surface area contributed by atoms with Gasteiger partial charge in [-0.25, -0.2) is 0 Å². The summed E-state index contributed by atoms with van der Waals surface area (Å²) in [4.78, 5) is 40.6. The number of nitrogens with two attached hydrogens (primary N) is 2. The third-order valence-corrected chi connectivity index (χ3v) is 6.31. The predicted octanol–water partition coefficient (Wildman–Crippen LogP) is 3.09. The number of nitrogens with zero attached hydrogens (tertiary/aromatic N) is 2.